The van der Waals surface area contributed by atoms with Crippen LogP contribution in [-0.2, 0) is 0 Å². The Kier molecular flexibility index (Phi) is 4.76. The second-order valence-electron chi connectivity index (χ2n) is 9.50. The molecule has 0 spiro atoms. The first-order valence-corrected chi connectivity index (χ1v) is 12.8. The number of nitrogens with zero attached hydrogens (tertiary/aromatic N) is 3. The first-order valence-electron chi connectivity index (χ1n) is 12.8. The Labute approximate surface area is 223 Å². The molecule has 0 aliphatic carbocycles. The standard InChI is InChI=1S/C34H21N3O2/c1-2-8-22(9-3-1)23-14-16-24(17-15-23)37(25-20-28-26-10-4-6-12-30(26)38-33(28)36-21-25)29-18-19-35-34-32(29)27-11-5-7-13-31(27)39-34/h1-21H. The predicted octanol–water partition coefficient (Wildman–Crippen LogP) is 9.41. The Balaban J connectivity index is 1.38. The van der Waals surface area contributed by atoms with Gasteiger partial charge in [0.15, 0.2) is 0 Å². The molecule has 0 saturated carbocycles. The number of aromatic nitrogens is 2. The molecule has 5 nitrogen and oxygen atoms in total. The predicted molar refractivity (Wildman–Crippen MR) is 157 cm³/mol. The normalized spacial score (nSPS) is 11.6. The van der Waals surface area contributed by atoms with Gasteiger partial charge in [0, 0.05) is 22.7 Å². The van der Waals surface area contributed by atoms with Gasteiger partial charge in [0.05, 0.1) is 28.3 Å². The smallest absolute Gasteiger partial charge is 0.229 e. The summed E-state index contributed by atoms with van der Waals surface area (Å²) < 4.78 is 12.2. The van der Waals surface area contributed by atoms with Crippen molar-refractivity contribution in [2.24, 2.45) is 0 Å². The molecular formula is C34H21N3O2. The minimum atomic E-state index is 0.599. The zero-order chi connectivity index (χ0) is 25.8. The van der Waals surface area contributed by atoms with Crippen molar-refractivity contribution in [3.05, 3.63) is 128 Å². The lowest BCUT2D eigenvalue weighted by Gasteiger charge is -2.26. The highest BCUT2D eigenvalue weighted by Crippen LogP contribution is 2.43. The molecule has 4 aromatic heterocycles. The van der Waals surface area contributed by atoms with Gasteiger partial charge >= 0.3 is 0 Å². The third-order valence-corrected chi connectivity index (χ3v) is 7.21. The average Bonchev–Trinajstić information content (AvgIpc) is 3.57. The molecule has 5 heteroatoms. The van der Waals surface area contributed by atoms with E-state index < -0.39 is 0 Å². The number of fused-ring (bicyclic) bond motifs is 6. The highest BCUT2D eigenvalue weighted by atomic mass is 16.3. The fourth-order valence-electron chi connectivity index (χ4n) is 5.40. The van der Waals surface area contributed by atoms with Crippen LogP contribution in [0.2, 0.25) is 0 Å². The molecule has 0 amide bonds. The SMILES string of the molecule is c1ccc(-c2ccc(N(c3cnc4oc5ccccc5c4c3)c3ccnc4oc5ccccc5c34)cc2)cc1. The van der Waals surface area contributed by atoms with Crippen LogP contribution in [0.3, 0.4) is 0 Å². The van der Waals surface area contributed by atoms with Gasteiger partial charge in [-0.2, -0.15) is 0 Å². The van der Waals surface area contributed by atoms with E-state index in [2.05, 4.69) is 76.6 Å². The van der Waals surface area contributed by atoms with Crippen LogP contribution in [-0.4, -0.2) is 9.97 Å². The van der Waals surface area contributed by atoms with Crippen LogP contribution in [0.5, 0.6) is 0 Å². The van der Waals surface area contributed by atoms with Gasteiger partial charge < -0.3 is 13.7 Å². The fraction of sp³-hybridized carbons (Fsp3) is 0. The Morgan fingerprint density at radius 1 is 0.513 bits per heavy atom. The van der Waals surface area contributed by atoms with Gasteiger partial charge in [-0.25, -0.2) is 9.97 Å². The summed E-state index contributed by atoms with van der Waals surface area (Å²) in [6.07, 6.45) is 3.66. The number of anilines is 3. The second-order valence-corrected chi connectivity index (χ2v) is 9.50. The van der Waals surface area contributed by atoms with E-state index in [1.807, 2.05) is 54.7 Å². The lowest BCUT2D eigenvalue weighted by Crippen LogP contribution is -2.11. The number of para-hydroxylation sites is 2. The van der Waals surface area contributed by atoms with E-state index >= 15 is 0 Å². The van der Waals surface area contributed by atoms with E-state index in [-0.39, 0.29) is 0 Å². The van der Waals surface area contributed by atoms with Gasteiger partial charge in [0.2, 0.25) is 11.4 Å². The minimum Gasteiger partial charge on any atom is -0.438 e. The molecule has 0 radical (unpaired) electrons. The van der Waals surface area contributed by atoms with Crippen LogP contribution in [0, 0.1) is 0 Å². The highest BCUT2D eigenvalue weighted by Gasteiger charge is 2.21. The van der Waals surface area contributed by atoms with Crippen molar-refractivity contribution >= 4 is 61.2 Å². The van der Waals surface area contributed by atoms with Gasteiger partial charge in [-0.05, 0) is 47.5 Å². The summed E-state index contributed by atoms with van der Waals surface area (Å²) in [5, 5.41) is 3.98. The highest BCUT2D eigenvalue weighted by molar-refractivity contribution is 6.12. The lowest BCUT2D eigenvalue weighted by molar-refractivity contribution is 0.653. The maximum atomic E-state index is 6.14. The molecule has 0 unspecified atom stereocenters. The quantitative estimate of drug-likeness (QED) is 0.239. The molecule has 0 aliphatic heterocycles. The Morgan fingerprint density at radius 2 is 1.18 bits per heavy atom. The second kappa shape index (κ2) is 8.57. The summed E-state index contributed by atoms with van der Waals surface area (Å²) in [5.41, 5.74) is 8.06. The molecule has 0 saturated heterocycles. The molecular weight excluding hydrogens is 482 g/mol. The van der Waals surface area contributed by atoms with Crippen molar-refractivity contribution in [3.8, 4) is 11.1 Å². The summed E-state index contributed by atoms with van der Waals surface area (Å²) in [6, 6.07) is 39.3. The maximum Gasteiger partial charge on any atom is 0.229 e. The Bertz CT molecular complexity index is 2130. The number of rotatable bonds is 4. The van der Waals surface area contributed by atoms with Crippen molar-refractivity contribution in [3.63, 3.8) is 0 Å². The molecule has 0 N–H and O–H groups in total. The summed E-state index contributed by atoms with van der Waals surface area (Å²) in [4.78, 5) is 11.5. The van der Waals surface area contributed by atoms with Gasteiger partial charge in [0.25, 0.3) is 0 Å². The topological polar surface area (TPSA) is 55.3 Å². The molecule has 0 atom stereocenters. The molecule has 184 valence electrons. The van der Waals surface area contributed by atoms with Crippen LogP contribution >= 0.6 is 0 Å². The largest absolute Gasteiger partial charge is 0.438 e. The third kappa shape index (κ3) is 3.48. The van der Waals surface area contributed by atoms with E-state index in [1.54, 1.807) is 6.20 Å². The Hall–Kier alpha value is -5.42. The molecule has 0 fully saturated rings. The minimum absolute atomic E-state index is 0.599. The zero-order valence-corrected chi connectivity index (χ0v) is 20.8. The number of pyridine rings is 2. The van der Waals surface area contributed by atoms with E-state index in [9.17, 15) is 0 Å². The summed E-state index contributed by atoms with van der Waals surface area (Å²) in [6.45, 7) is 0. The van der Waals surface area contributed by atoms with Crippen LogP contribution in [0.25, 0.3) is 55.3 Å². The van der Waals surface area contributed by atoms with Crippen LogP contribution in [0.4, 0.5) is 17.1 Å². The van der Waals surface area contributed by atoms with Gasteiger partial charge in [0.1, 0.15) is 11.2 Å². The van der Waals surface area contributed by atoms with E-state index in [0.29, 0.717) is 11.4 Å². The van der Waals surface area contributed by atoms with E-state index in [0.717, 1.165) is 55.3 Å². The lowest BCUT2D eigenvalue weighted by atomic mass is 10.0. The van der Waals surface area contributed by atoms with Crippen LogP contribution < -0.4 is 4.90 Å². The average molecular weight is 504 g/mol. The molecule has 8 rings (SSSR count). The first kappa shape index (κ1) is 21.6. The van der Waals surface area contributed by atoms with Crippen molar-refractivity contribution in [1.82, 2.24) is 9.97 Å². The van der Waals surface area contributed by atoms with Gasteiger partial charge in [-0.3, -0.25) is 0 Å². The molecule has 39 heavy (non-hydrogen) atoms. The summed E-state index contributed by atoms with van der Waals surface area (Å²) >= 11 is 0. The third-order valence-electron chi connectivity index (χ3n) is 7.21. The molecule has 8 aromatic rings. The molecule has 0 aliphatic rings. The van der Waals surface area contributed by atoms with Crippen LogP contribution in [0.15, 0.2) is 136 Å². The van der Waals surface area contributed by atoms with E-state index in [1.165, 1.54) is 5.56 Å². The summed E-state index contributed by atoms with van der Waals surface area (Å²) in [7, 11) is 0. The van der Waals surface area contributed by atoms with Crippen molar-refractivity contribution in [2.45, 2.75) is 0 Å². The number of benzene rings is 4. The zero-order valence-electron chi connectivity index (χ0n) is 20.8. The van der Waals surface area contributed by atoms with Crippen LogP contribution in [0.1, 0.15) is 0 Å². The number of furan rings is 2. The number of hydrogen-bond acceptors (Lipinski definition) is 5. The van der Waals surface area contributed by atoms with Gasteiger partial charge in [-0.1, -0.05) is 78.9 Å². The maximum absolute atomic E-state index is 6.14. The molecule has 4 aromatic carbocycles. The van der Waals surface area contributed by atoms with Crippen molar-refractivity contribution < 1.29 is 8.83 Å². The van der Waals surface area contributed by atoms with E-state index in [4.69, 9.17) is 13.8 Å². The Morgan fingerprint density at radius 3 is 2.00 bits per heavy atom. The fourth-order valence-corrected chi connectivity index (χ4v) is 5.40. The molecule has 4 heterocycles. The summed E-state index contributed by atoms with van der Waals surface area (Å²) in [5.74, 6) is 0. The van der Waals surface area contributed by atoms with Gasteiger partial charge in [-0.15, -0.1) is 0 Å². The number of hydrogen-bond donors (Lipinski definition) is 0. The molecule has 0 bridgehead atoms. The monoisotopic (exact) mass is 503 g/mol. The van der Waals surface area contributed by atoms with Crippen molar-refractivity contribution in [2.75, 3.05) is 4.90 Å². The first-order chi connectivity index (χ1) is 19.3. The van der Waals surface area contributed by atoms with Crippen molar-refractivity contribution in [1.29, 1.82) is 0 Å².